The molecule has 0 spiro atoms. The van der Waals surface area contributed by atoms with E-state index in [2.05, 4.69) is 10.6 Å². The molecule has 22 heavy (non-hydrogen) atoms. The third-order valence-electron chi connectivity index (χ3n) is 3.95. The fraction of sp³-hybridized carbons (Fsp3) is 0.571. The molecule has 2 rings (SSSR count). The molecule has 1 atom stereocenters. The Bertz CT molecular complexity index is 489. The number of carbonyl (C=O) groups is 2. The Balaban J connectivity index is 0.00000242. The van der Waals surface area contributed by atoms with Crippen molar-refractivity contribution in [2.45, 2.75) is 43.7 Å². The fourth-order valence-corrected chi connectivity index (χ4v) is 3.63. The van der Waals surface area contributed by atoms with Gasteiger partial charge >= 0.3 is 6.03 Å². The van der Waals surface area contributed by atoms with Gasteiger partial charge in [0.15, 0.2) is 0 Å². The number of amides is 3. The van der Waals surface area contributed by atoms with Gasteiger partial charge in [0, 0.05) is 11.4 Å². The van der Waals surface area contributed by atoms with Gasteiger partial charge in [0.05, 0.1) is 18.0 Å². The van der Waals surface area contributed by atoms with Gasteiger partial charge in [0.1, 0.15) is 0 Å². The first-order valence-electron chi connectivity index (χ1n) is 7.15. The third-order valence-corrected chi connectivity index (χ3v) is 4.93. The van der Waals surface area contributed by atoms with Crippen molar-refractivity contribution in [1.82, 2.24) is 10.6 Å². The number of carbonyl (C=O) groups excluding carboxylic acids is 2. The van der Waals surface area contributed by atoms with Gasteiger partial charge in [0.25, 0.3) is 0 Å². The highest BCUT2D eigenvalue weighted by Crippen LogP contribution is 2.29. The number of hydrogen-bond donors (Lipinski definition) is 4. The minimum Gasteiger partial charge on any atom is -0.352 e. The predicted molar refractivity (Wildman–Crippen MR) is 90.0 cm³/mol. The molecule has 1 aromatic rings. The lowest BCUT2D eigenvalue weighted by molar-refractivity contribution is -0.123. The van der Waals surface area contributed by atoms with Crippen LogP contribution < -0.4 is 22.1 Å². The number of urea groups is 1. The summed E-state index contributed by atoms with van der Waals surface area (Å²) in [7, 11) is 0. The molecule has 124 valence electrons. The summed E-state index contributed by atoms with van der Waals surface area (Å²) in [6, 6.07) is 2.74. The van der Waals surface area contributed by atoms with Crippen molar-refractivity contribution >= 4 is 35.7 Å². The maximum absolute atomic E-state index is 12.3. The standard InChI is InChI=1S/C14H22N4O2S.ClH/c15-9-14(5-1-2-6-14)18-12(19)8-10(17-13(16)20)11-4-3-7-21-11;/h3-4,7,10H,1-2,5-6,8-9,15H2,(H,18,19)(H3,16,17,20);1H. The molecule has 1 aromatic heterocycles. The van der Waals surface area contributed by atoms with Gasteiger partial charge in [-0.2, -0.15) is 0 Å². The highest BCUT2D eigenvalue weighted by Gasteiger charge is 2.34. The number of hydrogen-bond acceptors (Lipinski definition) is 4. The molecule has 1 heterocycles. The highest BCUT2D eigenvalue weighted by atomic mass is 35.5. The Morgan fingerprint density at radius 1 is 1.36 bits per heavy atom. The van der Waals surface area contributed by atoms with Crippen molar-refractivity contribution in [3.63, 3.8) is 0 Å². The summed E-state index contributed by atoms with van der Waals surface area (Å²) in [4.78, 5) is 24.3. The van der Waals surface area contributed by atoms with Crippen LogP contribution in [-0.2, 0) is 4.79 Å². The number of thiophene rings is 1. The maximum Gasteiger partial charge on any atom is 0.312 e. The van der Waals surface area contributed by atoms with E-state index in [0.717, 1.165) is 30.6 Å². The molecule has 0 radical (unpaired) electrons. The second-order valence-electron chi connectivity index (χ2n) is 5.52. The summed E-state index contributed by atoms with van der Waals surface area (Å²) in [5.41, 5.74) is 10.7. The third kappa shape index (κ3) is 4.86. The van der Waals surface area contributed by atoms with Crippen LogP contribution in [-0.4, -0.2) is 24.0 Å². The smallest absolute Gasteiger partial charge is 0.312 e. The van der Waals surface area contributed by atoms with Crippen LogP contribution in [0.4, 0.5) is 4.79 Å². The minimum absolute atomic E-state index is 0. The SMILES string of the molecule is Cl.NCC1(NC(=O)CC(NC(N)=O)c2cccs2)CCCC1. The Kier molecular flexibility index (Phi) is 7.12. The summed E-state index contributed by atoms with van der Waals surface area (Å²) in [5, 5.41) is 7.59. The van der Waals surface area contributed by atoms with E-state index >= 15 is 0 Å². The van der Waals surface area contributed by atoms with Gasteiger partial charge < -0.3 is 22.1 Å². The lowest BCUT2D eigenvalue weighted by Crippen LogP contribution is -2.52. The predicted octanol–water partition coefficient (Wildman–Crippen LogP) is 1.66. The van der Waals surface area contributed by atoms with Gasteiger partial charge in [-0.1, -0.05) is 18.9 Å². The van der Waals surface area contributed by atoms with Crippen molar-refractivity contribution < 1.29 is 9.59 Å². The monoisotopic (exact) mass is 346 g/mol. The highest BCUT2D eigenvalue weighted by molar-refractivity contribution is 7.10. The quantitative estimate of drug-likeness (QED) is 0.628. The second kappa shape index (κ2) is 8.36. The Labute approximate surface area is 140 Å². The lowest BCUT2D eigenvalue weighted by Gasteiger charge is -2.29. The molecule has 1 fully saturated rings. The first kappa shape index (κ1) is 18.7. The molecule has 0 aromatic carbocycles. The van der Waals surface area contributed by atoms with Crippen molar-refractivity contribution in [1.29, 1.82) is 0 Å². The first-order chi connectivity index (χ1) is 10.0. The number of rotatable bonds is 6. The summed E-state index contributed by atoms with van der Waals surface area (Å²) < 4.78 is 0. The van der Waals surface area contributed by atoms with Gasteiger partial charge in [0.2, 0.25) is 5.91 Å². The van der Waals surface area contributed by atoms with E-state index in [-0.39, 0.29) is 30.3 Å². The van der Waals surface area contributed by atoms with Crippen LogP contribution in [0.5, 0.6) is 0 Å². The molecule has 6 nitrogen and oxygen atoms in total. The van der Waals surface area contributed by atoms with Crippen LogP contribution in [0.25, 0.3) is 0 Å². The van der Waals surface area contributed by atoms with Crippen molar-refractivity contribution in [2.75, 3.05) is 6.54 Å². The van der Waals surface area contributed by atoms with E-state index in [1.54, 1.807) is 0 Å². The van der Waals surface area contributed by atoms with Crippen molar-refractivity contribution in [3.05, 3.63) is 22.4 Å². The Morgan fingerprint density at radius 3 is 2.55 bits per heavy atom. The molecule has 1 unspecified atom stereocenters. The topological polar surface area (TPSA) is 110 Å². The average Bonchev–Trinajstić information content (AvgIpc) is 3.09. The van der Waals surface area contributed by atoms with Gasteiger partial charge in [-0.05, 0) is 24.3 Å². The minimum atomic E-state index is -0.629. The van der Waals surface area contributed by atoms with Crippen molar-refractivity contribution in [2.24, 2.45) is 11.5 Å². The second-order valence-corrected chi connectivity index (χ2v) is 6.50. The Hall–Kier alpha value is -1.31. The van der Waals surface area contributed by atoms with Crippen LogP contribution in [0.1, 0.15) is 43.0 Å². The zero-order valence-corrected chi connectivity index (χ0v) is 14.0. The van der Waals surface area contributed by atoms with Crippen LogP contribution >= 0.6 is 23.7 Å². The zero-order chi connectivity index (χ0) is 15.3. The molecule has 1 saturated carbocycles. The van der Waals surface area contributed by atoms with Crippen LogP contribution in [0.15, 0.2) is 17.5 Å². The van der Waals surface area contributed by atoms with Gasteiger partial charge in [-0.3, -0.25) is 4.79 Å². The zero-order valence-electron chi connectivity index (χ0n) is 12.3. The van der Waals surface area contributed by atoms with Crippen LogP contribution in [0.3, 0.4) is 0 Å². The van der Waals surface area contributed by atoms with E-state index in [0.29, 0.717) is 6.54 Å². The maximum atomic E-state index is 12.3. The molecule has 1 aliphatic rings. The van der Waals surface area contributed by atoms with Crippen LogP contribution in [0, 0.1) is 0 Å². The molecule has 0 saturated heterocycles. The largest absolute Gasteiger partial charge is 0.352 e. The van der Waals surface area contributed by atoms with E-state index in [1.165, 1.54) is 11.3 Å². The number of halogens is 1. The summed E-state index contributed by atoms with van der Waals surface area (Å²) in [6.45, 7) is 0.450. The summed E-state index contributed by atoms with van der Waals surface area (Å²) >= 11 is 1.49. The average molecular weight is 347 g/mol. The van der Waals surface area contributed by atoms with E-state index in [9.17, 15) is 9.59 Å². The lowest BCUT2D eigenvalue weighted by atomic mass is 9.97. The number of nitrogens with two attached hydrogens (primary N) is 2. The molecular weight excluding hydrogens is 324 g/mol. The van der Waals surface area contributed by atoms with E-state index in [1.807, 2.05) is 17.5 Å². The normalized spacial score (nSPS) is 17.3. The fourth-order valence-electron chi connectivity index (χ4n) is 2.85. The molecular formula is C14H23ClN4O2S. The summed E-state index contributed by atoms with van der Waals surface area (Å²) in [6.07, 6.45) is 4.19. The summed E-state index contributed by atoms with van der Waals surface area (Å²) in [5.74, 6) is -0.102. The first-order valence-corrected chi connectivity index (χ1v) is 8.03. The number of nitrogens with one attached hydrogen (secondary N) is 2. The molecule has 0 bridgehead atoms. The molecule has 3 amide bonds. The van der Waals surface area contributed by atoms with Crippen molar-refractivity contribution in [3.8, 4) is 0 Å². The molecule has 6 N–H and O–H groups in total. The Morgan fingerprint density at radius 2 is 2.05 bits per heavy atom. The van der Waals surface area contributed by atoms with Gasteiger partial charge in [-0.15, -0.1) is 23.7 Å². The van der Waals surface area contributed by atoms with E-state index < -0.39 is 12.1 Å². The van der Waals surface area contributed by atoms with E-state index in [4.69, 9.17) is 11.5 Å². The van der Waals surface area contributed by atoms with Gasteiger partial charge in [-0.25, -0.2) is 4.79 Å². The molecule has 0 aliphatic heterocycles. The number of primary amides is 1. The van der Waals surface area contributed by atoms with Crippen LogP contribution in [0.2, 0.25) is 0 Å². The molecule has 8 heteroatoms. The molecule has 1 aliphatic carbocycles.